The Bertz CT molecular complexity index is 989. The second-order valence-corrected chi connectivity index (χ2v) is 7.39. The summed E-state index contributed by atoms with van der Waals surface area (Å²) in [6, 6.07) is 16.4. The van der Waals surface area contributed by atoms with E-state index in [1.54, 1.807) is 41.3 Å². The lowest BCUT2D eigenvalue weighted by Crippen LogP contribution is -2.68. The predicted octanol–water partition coefficient (Wildman–Crippen LogP) is 2.32. The van der Waals surface area contributed by atoms with Crippen LogP contribution in [0.2, 0.25) is 0 Å². The van der Waals surface area contributed by atoms with Gasteiger partial charge >= 0.3 is 0 Å². The zero-order chi connectivity index (χ0) is 19.5. The average molecular weight is 376 g/mol. The van der Waals surface area contributed by atoms with E-state index in [9.17, 15) is 14.7 Å². The molecule has 1 fully saturated rings. The molecule has 5 rings (SSSR count). The number of nitrogens with zero attached hydrogens (tertiary/aromatic N) is 2. The molecular weight excluding hydrogens is 356 g/mol. The molecule has 28 heavy (non-hydrogen) atoms. The molecule has 1 spiro atoms. The maximum atomic E-state index is 13.6. The van der Waals surface area contributed by atoms with Gasteiger partial charge in [0.2, 0.25) is 11.6 Å². The van der Waals surface area contributed by atoms with E-state index in [-0.39, 0.29) is 24.4 Å². The fourth-order valence-corrected chi connectivity index (χ4v) is 4.36. The SMILES string of the molecule is C[C@H](c1ccccc1)N1CC(=O)N2c3ccccc3[C@@H](O)[C@@H]3C=C[C@]2(O3)C1=O. The lowest BCUT2D eigenvalue weighted by molar-refractivity contribution is -0.168. The number of carbonyl (C=O) groups excluding carboxylic acids is 2. The van der Waals surface area contributed by atoms with Crippen molar-refractivity contribution in [1.29, 1.82) is 0 Å². The summed E-state index contributed by atoms with van der Waals surface area (Å²) in [6.45, 7) is 1.85. The number of anilines is 1. The summed E-state index contributed by atoms with van der Waals surface area (Å²) < 4.78 is 6.06. The number of rotatable bonds is 2. The van der Waals surface area contributed by atoms with Crippen LogP contribution in [0.25, 0.3) is 0 Å². The Labute approximate surface area is 162 Å². The number of fused-ring (bicyclic) bond motifs is 3. The fourth-order valence-electron chi connectivity index (χ4n) is 4.36. The van der Waals surface area contributed by atoms with Crippen LogP contribution in [0, 0.1) is 0 Å². The van der Waals surface area contributed by atoms with Crippen LogP contribution in [-0.4, -0.2) is 40.2 Å². The van der Waals surface area contributed by atoms with Gasteiger partial charge in [-0.3, -0.25) is 14.5 Å². The number of aliphatic hydroxyl groups excluding tert-OH is 1. The molecule has 1 saturated heterocycles. The fraction of sp³-hybridized carbons (Fsp3) is 0.273. The van der Waals surface area contributed by atoms with Gasteiger partial charge in [0.05, 0.1) is 11.7 Å². The smallest absolute Gasteiger partial charge is 0.281 e. The molecule has 2 bridgehead atoms. The highest BCUT2D eigenvalue weighted by Crippen LogP contribution is 2.47. The van der Waals surface area contributed by atoms with Gasteiger partial charge in [0, 0.05) is 5.56 Å². The number of ether oxygens (including phenoxy) is 1. The Hall–Kier alpha value is -2.96. The van der Waals surface area contributed by atoms with Crippen molar-refractivity contribution >= 4 is 17.5 Å². The van der Waals surface area contributed by atoms with Gasteiger partial charge in [0.25, 0.3) is 5.91 Å². The third-order valence-electron chi connectivity index (χ3n) is 5.84. The monoisotopic (exact) mass is 376 g/mol. The Morgan fingerprint density at radius 1 is 1.11 bits per heavy atom. The standard InChI is InChI=1S/C22H20N2O4/c1-14(15-7-3-2-4-8-15)23-13-19(25)24-17-10-6-5-9-16(17)20(26)18-11-12-22(24,28-18)21(23)27/h2-12,14,18,20,26H,13H2,1H3/t14-,18+,20-,22+/m1/s1. The predicted molar refractivity (Wildman–Crippen MR) is 102 cm³/mol. The molecule has 2 aromatic carbocycles. The summed E-state index contributed by atoms with van der Waals surface area (Å²) in [7, 11) is 0. The van der Waals surface area contributed by atoms with Gasteiger partial charge in [-0.2, -0.15) is 0 Å². The second-order valence-electron chi connectivity index (χ2n) is 7.39. The minimum atomic E-state index is -1.56. The van der Waals surface area contributed by atoms with Crippen LogP contribution in [0.1, 0.15) is 30.2 Å². The van der Waals surface area contributed by atoms with Gasteiger partial charge in [-0.25, -0.2) is 0 Å². The lowest BCUT2D eigenvalue weighted by atomic mass is 9.96. The molecule has 2 amide bonds. The zero-order valence-electron chi connectivity index (χ0n) is 15.4. The van der Waals surface area contributed by atoms with Crippen LogP contribution in [-0.2, 0) is 14.3 Å². The number of benzene rings is 2. The molecule has 0 radical (unpaired) electrons. The van der Waals surface area contributed by atoms with E-state index in [1.807, 2.05) is 37.3 Å². The molecular formula is C22H20N2O4. The first-order valence-corrected chi connectivity index (χ1v) is 9.36. The maximum absolute atomic E-state index is 13.6. The Morgan fingerprint density at radius 3 is 2.61 bits per heavy atom. The maximum Gasteiger partial charge on any atom is 0.281 e. The molecule has 0 aromatic heterocycles. The summed E-state index contributed by atoms with van der Waals surface area (Å²) >= 11 is 0. The van der Waals surface area contributed by atoms with E-state index >= 15 is 0 Å². The number of carbonyl (C=O) groups is 2. The molecule has 0 aliphatic carbocycles. The molecule has 2 aromatic rings. The Kier molecular flexibility index (Phi) is 3.69. The highest BCUT2D eigenvalue weighted by atomic mass is 16.6. The second kappa shape index (κ2) is 6.02. The summed E-state index contributed by atoms with van der Waals surface area (Å²) in [5, 5.41) is 10.8. The summed E-state index contributed by atoms with van der Waals surface area (Å²) in [4.78, 5) is 29.9. The van der Waals surface area contributed by atoms with Crippen LogP contribution in [0.3, 0.4) is 0 Å². The van der Waals surface area contributed by atoms with E-state index in [2.05, 4.69) is 0 Å². The van der Waals surface area contributed by atoms with E-state index in [0.29, 0.717) is 11.3 Å². The number of piperazine rings is 1. The molecule has 6 nitrogen and oxygen atoms in total. The molecule has 3 heterocycles. The van der Waals surface area contributed by atoms with Crippen molar-refractivity contribution in [2.24, 2.45) is 0 Å². The molecule has 142 valence electrons. The van der Waals surface area contributed by atoms with E-state index in [4.69, 9.17) is 4.74 Å². The number of amides is 2. The molecule has 6 heteroatoms. The quantitative estimate of drug-likeness (QED) is 0.817. The number of aliphatic hydroxyl groups is 1. The number of hydrogen-bond donors (Lipinski definition) is 1. The largest absolute Gasteiger partial charge is 0.385 e. The van der Waals surface area contributed by atoms with Crippen molar-refractivity contribution in [3.8, 4) is 0 Å². The molecule has 0 unspecified atom stereocenters. The molecule has 4 atom stereocenters. The van der Waals surface area contributed by atoms with Crippen LogP contribution < -0.4 is 4.90 Å². The summed E-state index contributed by atoms with van der Waals surface area (Å²) in [6.07, 6.45) is 1.66. The van der Waals surface area contributed by atoms with E-state index < -0.39 is 17.9 Å². The number of hydrogen-bond acceptors (Lipinski definition) is 4. The third kappa shape index (κ3) is 2.22. The first kappa shape index (κ1) is 17.2. The summed E-state index contributed by atoms with van der Waals surface area (Å²) in [5.74, 6) is -0.541. The van der Waals surface area contributed by atoms with E-state index in [1.165, 1.54) is 4.90 Å². The van der Waals surface area contributed by atoms with Gasteiger partial charge < -0.3 is 14.7 Å². The number of para-hydroxylation sites is 1. The highest BCUT2D eigenvalue weighted by molar-refractivity contribution is 6.10. The van der Waals surface area contributed by atoms with Crippen molar-refractivity contribution in [2.75, 3.05) is 11.4 Å². The first-order chi connectivity index (χ1) is 13.5. The average Bonchev–Trinajstić information content (AvgIpc) is 3.12. The normalized spacial score (nSPS) is 29.4. The van der Waals surface area contributed by atoms with Gasteiger partial charge in [-0.05, 0) is 24.6 Å². The Morgan fingerprint density at radius 2 is 1.82 bits per heavy atom. The van der Waals surface area contributed by atoms with Crippen molar-refractivity contribution in [3.05, 3.63) is 77.9 Å². The van der Waals surface area contributed by atoms with Crippen molar-refractivity contribution in [1.82, 2.24) is 4.90 Å². The first-order valence-electron chi connectivity index (χ1n) is 9.36. The molecule has 3 aliphatic rings. The van der Waals surface area contributed by atoms with Crippen molar-refractivity contribution < 1.29 is 19.4 Å². The van der Waals surface area contributed by atoms with E-state index in [0.717, 1.165) is 5.56 Å². The minimum absolute atomic E-state index is 0.0526. The van der Waals surface area contributed by atoms with Crippen LogP contribution >= 0.6 is 0 Å². The van der Waals surface area contributed by atoms with Crippen molar-refractivity contribution in [2.45, 2.75) is 30.9 Å². The van der Waals surface area contributed by atoms with Gasteiger partial charge in [-0.15, -0.1) is 0 Å². The van der Waals surface area contributed by atoms with Crippen LogP contribution in [0.15, 0.2) is 66.7 Å². The Balaban J connectivity index is 1.62. The minimum Gasteiger partial charge on any atom is -0.385 e. The molecule has 1 N–H and O–H groups in total. The molecule has 0 saturated carbocycles. The van der Waals surface area contributed by atoms with Gasteiger partial charge in [0.15, 0.2) is 0 Å². The third-order valence-corrected chi connectivity index (χ3v) is 5.84. The highest BCUT2D eigenvalue weighted by Gasteiger charge is 2.59. The van der Waals surface area contributed by atoms with Crippen molar-refractivity contribution in [3.63, 3.8) is 0 Å². The van der Waals surface area contributed by atoms with Crippen LogP contribution in [0.4, 0.5) is 5.69 Å². The topological polar surface area (TPSA) is 70.1 Å². The summed E-state index contributed by atoms with van der Waals surface area (Å²) in [5.41, 5.74) is 0.495. The zero-order valence-corrected chi connectivity index (χ0v) is 15.4. The molecule has 3 aliphatic heterocycles. The van der Waals surface area contributed by atoms with Gasteiger partial charge in [0.1, 0.15) is 18.8 Å². The van der Waals surface area contributed by atoms with Gasteiger partial charge in [-0.1, -0.05) is 54.6 Å². The van der Waals surface area contributed by atoms with Crippen LogP contribution in [0.5, 0.6) is 0 Å². The lowest BCUT2D eigenvalue weighted by Gasteiger charge is -2.47.